The number of piperidine rings is 1. The van der Waals surface area contributed by atoms with Gasteiger partial charge in [0, 0.05) is 19.3 Å². The normalized spacial score (nSPS) is 15.9. The minimum absolute atomic E-state index is 0.148. The van der Waals surface area contributed by atoms with E-state index in [1.165, 1.54) is 23.5 Å². The largest absolute Gasteiger partial charge is 0.481 e. The van der Waals surface area contributed by atoms with Crippen LogP contribution in [0.3, 0.4) is 0 Å². The summed E-state index contributed by atoms with van der Waals surface area (Å²) in [5, 5.41) is 13.9. The van der Waals surface area contributed by atoms with Gasteiger partial charge in [-0.2, -0.15) is 5.10 Å². The van der Waals surface area contributed by atoms with Crippen LogP contribution in [0.15, 0.2) is 61.3 Å². The Balaban J connectivity index is 1.48. The maximum atomic E-state index is 12.8. The number of nitrogens with zero attached hydrogens (tertiary/aromatic N) is 5. The second-order valence-electron chi connectivity index (χ2n) is 6.79. The molecule has 0 saturated carbocycles. The highest BCUT2D eigenvalue weighted by atomic mass is 16.4. The van der Waals surface area contributed by atoms with E-state index in [4.69, 9.17) is 0 Å². The first-order valence-corrected chi connectivity index (χ1v) is 8.99. The lowest BCUT2D eigenvalue weighted by Crippen LogP contribution is -2.49. The summed E-state index contributed by atoms with van der Waals surface area (Å²) in [5.74, 6) is -0.420. The number of carbonyl (C=O) groups is 2. The standard InChI is InChI=1S/C20H19N5O3/c26-18(15-6-7-17(22-12-15)25-14-21-13-23-25)24-10-8-20(9-11-24,19(27)28)16-4-2-1-3-5-16/h1-7,12-14H,8-11H2,(H,27,28). The van der Waals surface area contributed by atoms with E-state index in [9.17, 15) is 14.7 Å². The lowest BCUT2D eigenvalue weighted by Gasteiger charge is -2.39. The van der Waals surface area contributed by atoms with Crippen LogP contribution in [0.25, 0.3) is 5.82 Å². The van der Waals surface area contributed by atoms with Crippen LogP contribution in [0, 0.1) is 0 Å². The molecule has 1 saturated heterocycles. The topological polar surface area (TPSA) is 101 Å². The smallest absolute Gasteiger partial charge is 0.314 e. The number of amides is 1. The summed E-state index contributed by atoms with van der Waals surface area (Å²) >= 11 is 0. The molecule has 0 radical (unpaired) electrons. The van der Waals surface area contributed by atoms with Crippen molar-refractivity contribution in [3.63, 3.8) is 0 Å². The van der Waals surface area contributed by atoms with Crippen molar-refractivity contribution in [3.05, 3.63) is 72.4 Å². The van der Waals surface area contributed by atoms with Crippen molar-refractivity contribution in [2.75, 3.05) is 13.1 Å². The van der Waals surface area contributed by atoms with Crippen LogP contribution in [0.4, 0.5) is 0 Å². The number of pyridine rings is 1. The zero-order chi connectivity index (χ0) is 19.6. The zero-order valence-electron chi connectivity index (χ0n) is 15.1. The highest BCUT2D eigenvalue weighted by Crippen LogP contribution is 2.36. The molecular weight excluding hydrogens is 358 g/mol. The average Bonchev–Trinajstić information content (AvgIpc) is 3.29. The highest BCUT2D eigenvalue weighted by Gasteiger charge is 2.43. The Morgan fingerprint density at radius 1 is 1.04 bits per heavy atom. The molecule has 28 heavy (non-hydrogen) atoms. The Labute approximate surface area is 161 Å². The highest BCUT2D eigenvalue weighted by molar-refractivity contribution is 5.94. The van der Waals surface area contributed by atoms with E-state index in [-0.39, 0.29) is 5.91 Å². The number of hydrogen-bond acceptors (Lipinski definition) is 5. The van der Waals surface area contributed by atoms with Gasteiger partial charge in [-0.05, 0) is 30.5 Å². The third kappa shape index (κ3) is 3.13. The molecule has 2 aromatic heterocycles. The molecule has 0 unspecified atom stereocenters. The predicted molar refractivity (Wildman–Crippen MR) is 100 cm³/mol. The van der Waals surface area contributed by atoms with Gasteiger partial charge in [-0.25, -0.2) is 14.6 Å². The monoisotopic (exact) mass is 377 g/mol. The molecule has 1 aromatic carbocycles. The number of rotatable bonds is 4. The maximum Gasteiger partial charge on any atom is 0.314 e. The maximum absolute atomic E-state index is 12.8. The van der Waals surface area contributed by atoms with E-state index in [1.807, 2.05) is 30.3 Å². The molecule has 8 nitrogen and oxygen atoms in total. The number of aromatic nitrogens is 4. The second-order valence-corrected chi connectivity index (χ2v) is 6.79. The van der Waals surface area contributed by atoms with Crippen LogP contribution in [-0.4, -0.2) is 54.7 Å². The number of benzene rings is 1. The fraction of sp³-hybridized carbons (Fsp3) is 0.250. The summed E-state index contributed by atoms with van der Waals surface area (Å²) < 4.78 is 1.51. The van der Waals surface area contributed by atoms with Crippen molar-refractivity contribution < 1.29 is 14.7 Å². The van der Waals surface area contributed by atoms with Gasteiger partial charge in [0.2, 0.25) is 0 Å². The molecule has 3 heterocycles. The average molecular weight is 377 g/mol. The summed E-state index contributed by atoms with van der Waals surface area (Å²) in [6.07, 6.45) is 5.21. The van der Waals surface area contributed by atoms with Crippen LogP contribution in [0.5, 0.6) is 0 Å². The number of carbonyl (C=O) groups excluding carboxylic acids is 1. The number of likely N-dealkylation sites (tertiary alicyclic amines) is 1. The third-order valence-corrected chi connectivity index (χ3v) is 5.29. The minimum Gasteiger partial charge on any atom is -0.481 e. The first-order valence-electron chi connectivity index (χ1n) is 8.99. The predicted octanol–water partition coefficient (Wildman–Crippen LogP) is 1.92. The number of hydrogen-bond donors (Lipinski definition) is 1. The van der Waals surface area contributed by atoms with E-state index < -0.39 is 11.4 Å². The van der Waals surface area contributed by atoms with Gasteiger partial charge < -0.3 is 10.0 Å². The number of aliphatic carboxylic acids is 1. The van der Waals surface area contributed by atoms with E-state index in [0.717, 1.165) is 5.56 Å². The summed E-state index contributed by atoms with van der Waals surface area (Å²) in [7, 11) is 0. The second kappa shape index (κ2) is 7.22. The molecule has 0 aliphatic carbocycles. The van der Waals surface area contributed by atoms with Gasteiger partial charge in [0.25, 0.3) is 5.91 Å². The molecule has 1 N–H and O–H groups in total. The van der Waals surface area contributed by atoms with E-state index in [1.54, 1.807) is 17.0 Å². The summed E-state index contributed by atoms with van der Waals surface area (Å²) in [4.78, 5) is 34.7. The van der Waals surface area contributed by atoms with Crippen LogP contribution >= 0.6 is 0 Å². The number of carboxylic acids is 1. The van der Waals surface area contributed by atoms with Gasteiger partial charge >= 0.3 is 5.97 Å². The Bertz CT molecular complexity index is 963. The molecule has 0 bridgehead atoms. The Hall–Kier alpha value is -3.55. The van der Waals surface area contributed by atoms with E-state index in [0.29, 0.717) is 37.3 Å². The minimum atomic E-state index is -0.951. The summed E-state index contributed by atoms with van der Waals surface area (Å²) in [5.41, 5.74) is 0.299. The number of carboxylic acid groups (broad SMARTS) is 1. The van der Waals surface area contributed by atoms with Gasteiger partial charge in [0.1, 0.15) is 12.7 Å². The van der Waals surface area contributed by atoms with Gasteiger partial charge in [0.15, 0.2) is 5.82 Å². The van der Waals surface area contributed by atoms with E-state index >= 15 is 0 Å². The van der Waals surface area contributed by atoms with Crippen LogP contribution in [0.1, 0.15) is 28.8 Å². The van der Waals surface area contributed by atoms with Crippen LogP contribution < -0.4 is 0 Å². The fourth-order valence-corrected chi connectivity index (χ4v) is 3.63. The first kappa shape index (κ1) is 17.8. The van der Waals surface area contributed by atoms with Gasteiger partial charge in [-0.1, -0.05) is 30.3 Å². The first-order chi connectivity index (χ1) is 13.6. The Morgan fingerprint density at radius 2 is 1.79 bits per heavy atom. The molecular formula is C20H19N5O3. The molecule has 0 atom stereocenters. The Kier molecular flexibility index (Phi) is 4.60. The quantitative estimate of drug-likeness (QED) is 0.745. The van der Waals surface area contributed by atoms with Crippen molar-refractivity contribution in [2.45, 2.75) is 18.3 Å². The summed E-state index contributed by atoms with van der Waals surface area (Å²) in [6, 6.07) is 12.7. The van der Waals surface area contributed by atoms with Crippen molar-refractivity contribution in [3.8, 4) is 5.82 Å². The molecule has 1 amide bonds. The Morgan fingerprint density at radius 3 is 2.36 bits per heavy atom. The van der Waals surface area contributed by atoms with Gasteiger partial charge in [-0.3, -0.25) is 9.59 Å². The zero-order valence-corrected chi connectivity index (χ0v) is 15.1. The van der Waals surface area contributed by atoms with Crippen molar-refractivity contribution in [2.24, 2.45) is 0 Å². The lowest BCUT2D eigenvalue weighted by atomic mass is 9.73. The third-order valence-electron chi connectivity index (χ3n) is 5.29. The molecule has 0 spiro atoms. The molecule has 3 aromatic rings. The molecule has 1 aliphatic rings. The SMILES string of the molecule is O=C(c1ccc(-n2cncn2)nc1)N1CCC(C(=O)O)(c2ccccc2)CC1. The molecule has 142 valence electrons. The van der Waals surface area contributed by atoms with Gasteiger partial charge in [0.05, 0.1) is 11.0 Å². The van der Waals surface area contributed by atoms with Crippen LogP contribution in [-0.2, 0) is 10.2 Å². The van der Waals surface area contributed by atoms with Crippen LogP contribution in [0.2, 0.25) is 0 Å². The molecule has 1 fully saturated rings. The fourth-order valence-electron chi connectivity index (χ4n) is 3.63. The summed E-state index contributed by atoms with van der Waals surface area (Å²) in [6.45, 7) is 0.760. The van der Waals surface area contributed by atoms with Crippen molar-refractivity contribution in [1.82, 2.24) is 24.6 Å². The molecule has 4 rings (SSSR count). The lowest BCUT2D eigenvalue weighted by molar-refractivity contribution is -0.145. The molecule has 8 heteroatoms. The van der Waals surface area contributed by atoms with Gasteiger partial charge in [-0.15, -0.1) is 0 Å². The van der Waals surface area contributed by atoms with Crippen molar-refractivity contribution >= 4 is 11.9 Å². The van der Waals surface area contributed by atoms with Crippen molar-refractivity contribution in [1.29, 1.82) is 0 Å². The molecule has 1 aliphatic heterocycles. The van der Waals surface area contributed by atoms with E-state index in [2.05, 4.69) is 15.1 Å².